The van der Waals surface area contributed by atoms with Crippen LogP contribution in [0.5, 0.6) is 0 Å². The summed E-state index contributed by atoms with van der Waals surface area (Å²) in [5, 5.41) is 8.63. The van der Waals surface area contributed by atoms with Crippen molar-refractivity contribution in [3.63, 3.8) is 0 Å². The van der Waals surface area contributed by atoms with E-state index in [4.69, 9.17) is 5.11 Å². The summed E-state index contributed by atoms with van der Waals surface area (Å²) in [4.78, 5) is 10.1. The van der Waals surface area contributed by atoms with Gasteiger partial charge in [0.05, 0.1) is 6.61 Å². The molecular formula is C12H20O2. The van der Waals surface area contributed by atoms with Gasteiger partial charge >= 0.3 is 0 Å². The van der Waals surface area contributed by atoms with Gasteiger partial charge in [0.2, 0.25) is 0 Å². The molecule has 0 heterocycles. The zero-order valence-electron chi connectivity index (χ0n) is 9.12. The van der Waals surface area contributed by atoms with Crippen molar-refractivity contribution in [3.05, 3.63) is 23.3 Å². The molecule has 14 heavy (non-hydrogen) atoms. The third-order valence-electron chi connectivity index (χ3n) is 2.13. The molecule has 2 nitrogen and oxygen atoms in total. The van der Waals surface area contributed by atoms with E-state index in [0.717, 1.165) is 25.5 Å². The number of aldehydes is 1. The lowest BCUT2D eigenvalue weighted by Gasteiger charge is -1.99. The summed E-state index contributed by atoms with van der Waals surface area (Å²) in [6.07, 6.45) is 8.41. The first-order valence-corrected chi connectivity index (χ1v) is 5.06. The highest BCUT2D eigenvalue weighted by Crippen LogP contribution is 2.09. The van der Waals surface area contributed by atoms with Crippen LogP contribution >= 0.6 is 0 Å². The van der Waals surface area contributed by atoms with E-state index in [1.807, 2.05) is 13.0 Å². The smallest absolute Gasteiger partial charge is 0.120 e. The standard InChI is InChI=1S/C12H20O2/c1-11(7-4-9-13)5-3-6-12(2)8-10-14/h5,8-9,14H,3-4,6-7,10H2,1-2H3/b11-5-,12-8-. The van der Waals surface area contributed by atoms with E-state index in [1.54, 1.807) is 0 Å². The van der Waals surface area contributed by atoms with Crippen LogP contribution < -0.4 is 0 Å². The Kier molecular flexibility index (Phi) is 8.14. The van der Waals surface area contributed by atoms with Crippen LogP contribution in [0.25, 0.3) is 0 Å². The molecule has 0 amide bonds. The van der Waals surface area contributed by atoms with E-state index in [2.05, 4.69) is 13.0 Å². The summed E-state index contributed by atoms with van der Waals surface area (Å²) in [5.74, 6) is 0. The van der Waals surface area contributed by atoms with E-state index in [0.29, 0.717) is 6.42 Å². The number of hydrogen-bond donors (Lipinski definition) is 1. The maximum atomic E-state index is 10.1. The second-order valence-electron chi connectivity index (χ2n) is 3.53. The van der Waals surface area contributed by atoms with Gasteiger partial charge < -0.3 is 9.90 Å². The Morgan fingerprint density at radius 2 is 1.64 bits per heavy atom. The summed E-state index contributed by atoms with van der Waals surface area (Å²) in [5.41, 5.74) is 2.49. The lowest BCUT2D eigenvalue weighted by atomic mass is 10.1. The summed E-state index contributed by atoms with van der Waals surface area (Å²) < 4.78 is 0. The Morgan fingerprint density at radius 1 is 1.07 bits per heavy atom. The Morgan fingerprint density at radius 3 is 2.21 bits per heavy atom. The van der Waals surface area contributed by atoms with Crippen molar-refractivity contribution < 1.29 is 9.90 Å². The highest BCUT2D eigenvalue weighted by molar-refractivity contribution is 5.49. The molecule has 0 saturated carbocycles. The van der Waals surface area contributed by atoms with Gasteiger partial charge in [0.25, 0.3) is 0 Å². The first-order chi connectivity index (χ1) is 6.70. The fourth-order valence-corrected chi connectivity index (χ4v) is 1.19. The highest BCUT2D eigenvalue weighted by atomic mass is 16.2. The van der Waals surface area contributed by atoms with E-state index >= 15 is 0 Å². The van der Waals surface area contributed by atoms with E-state index in [9.17, 15) is 4.79 Å². The molecule has 0 bridgehead atoms. The quantitative estimate of drug-likeness (QED) is 0.502. The normalized spacial score (nSPS) is 13.1. The minimum atomic E-state index is 0.125. The maximum Gasteiger partial charge on any atom is 0.120 e. The molecule has 0 aromatic rings. The zero-order chi connectivity index (χ0) is 10.8. The predicted octanol–water partition coefficient (Wildman–Crippen LogP) is 2.63. The Balaban J connectivity index is 3.69. The minimum absolute atomic E-state index is 0.125. The molecule has 0 unspecified atom stereocenters. The largest absolute Gasteiger partial charge is 0.392 e. The van der Waals surface area contributed by atoms with Crippen molar-refractivity contribution in [2.75, 3.05) is 6.61 Å². The molecule has 80 valence electrons. The molecular weight excluding hydrogens is 176 g/mol. The molecule has 0 aromatic carbocycles. The lowest BCUT2D eigenvalue weighted by Crippen LogP contribution is -1.83. The van der Waals surface area contributed by atoms with Crippen LogP contribution in [0.2, 0.25) is 0 Å². The minimum Gasteiger partial charge on any atom is -0.392 e. The summed E-state index contributed by atoms with van der Waals surface area (Å²) in [6.45, 7) is 4.19. The lowest BCUT2D eigenvalue weighted by molar-refractivity contribution is -0.107. The molecule has 0 fully saturated rings. The second kappa shape index (κ2) is 8.70. The van der Waals surface area contributed by atoms with Crippen LogP contribution in [-0.4, -0.2) is 18.0 Å². The van der Waals surface area contributed by atoms with Gasteiger partial charge in [-0.05, 0) is 33.1 Å². The molecule has 2 heteroatoms. The van der Waals surface area contributed by atoms with Gasteiger partial charge in [-0.2, -0.15) is 0 Å². The number of aliphatic hydroxyl groups is 1. The number of allylic oxidation sites excluding steroid dienone is 3. The fourth-order valence-electron chi connectivity index (χ4n) is 1.19. The average molecular weight is 196 g/mol. The van der Waals surface area contributed by atoms with Crippen molar-refractivity contribution in [2.24, 2.45) is 0 Å². The molecule has 0 aromatic heterocycles. The molecule has 0 aliphatic carbocycles. The summed E-state index contributed by atoms with van der Waals surface area (Å²) >= 11 is 0. The van der Waals surface area contributed by atoms with Crippen LogP contribution in [0.4, 0.5) is 0 Å². The van der Waals surface area contributed by atoms with Gasteiger partial charge in [-0.15, -0.1) is 0 Å². The van der Waals surface area contributed by atoms with Crippen molar-refractivity contribution in [3.8, 4) is 0 Å². The first-order valence-electron chi connectivity index (χ1n) is 5.06. The van der Waals surface area contributed by atoms with E-state index in [1.165, 1.54) is 11.1 Å². The molecule has 0 spiro atoms. The van der Waals surface area contributed by atoms with Gasteiger partial charge in [0.1, 0.15) is 6.29 Å². The van der Waals surface area contributed by atoms with E-state index < -0.39 is 0 Å². The van der Waals surface area contributed by atoms with Gasteiger partial charge in [0.15, 0.2) is 0 Å². The van der Waals surface area contributed by atoms with Gasteiger partial charge in [0, 0.05) is 6.42 Å². The third kappa shape index (κ3) is 7.74. The Bertz CT molecular complexity index is 214. The molecule has 1 N–H and O–H groups in total. The zero-order valence-corrected chi connectivity index (χ0v) is 9.12. The van der Waals surface area contributed by atoms with Crippen molar-refractivity contribution in [1.29, 1.82) is 0 Å². The Hall–Kier alpha value is -0.890. The fraction of sp³-hybridized carbons (Fsp3) is 0.583. The van der Waals surface area contributed by atoms with Crippen molar-refractivity contribution in [2.45, 2.75) is 39.5 Å². The van der Waals surface area contributed by atoms with Crippen molar-refractivity contribution in [1.82, 2.24) is 0 Å². The van der Waals surface area contributed by atoms with Crippen LogP contribution in [0.15, 0.2) is 23.3 Å². The van der Waals surface area contributed by atoms with E-state index in [-0.39, 0.29) is 6.61 Å². The Labute approximate surface area is 86.3 Å². The third-order valence-corrected chi connectivity index (χ3v) is 2.13. The average Bonchev–Trinajstić information content (AvgIpc) is 2.15. The number of rotatable bonds is 7. The monoisotopic (exact) mass is 196 g/mol. The number of carbonyl (C=O) groups is 1. The van der Waals surface area contributed by atoms with Gasteiger partial charge in [-0.25, -0.2) is 0 Å². The highest BCUT2D eigenvalue weighted by Gasteiger charge is 1.91. The number of hydrogen-bond acceptors (Lipinski definition) is 2. The predicted molar refractivity (Wildman–Crippen MR) is 59.1 cm³/mol. The van der Waals surface area contributed by atoms with Crippen molar-refractivity contribution >= 4 is 6.29 Å². The SMILES string of the molecule is C/C(=C/CC/C(C)=C\CO)CCC=O. The van der Waals surface area contributed by atoms with Crippen LogP contribution in [0, 0.1) is 0 Å². The molecule has 0 saturated heterocycles. The number of carbonyl (C=O) groups excluding carboxylic acids is 1. The van der Waals surface area contributed by atoms with Crippen LogP contribution in [0.3, 0.4) is 0 Å². The van der Waals surface area contributed by atoms with Gasteiger partial charge in [-0.1, -0.05) is 23.3 Å². The molecule has 0 radical (unpaired) electrons. The van der Waals surface area contributed by atoms with Gasteiger partial charge in [-0.3, -0.25) is 0 Å². The summed E-state index contributed by atoms with van der Waals surface area (Å²) in [7, 11) is 0. The van der Waals surface area contributed by atoms with Crippen LogP contribution in [0.1, 0.15) is 39.5 Å². The molecule has 0 aliphatic rings. The molecule has 0 rings (SSSR count). The summed E-state index contributed by atoms with van der Waals surface area (Å²) in [6, 6.07) is 0. The topological polar surface area (TPSA) is 37.3 Å². The molecule has 0 aliphatic heterocycles. The number of aliphatic hydroxyl groups excluding tert-OH is 1. The first kappa shape index (κ1) is 13.1. The maximum absolute atomic E-state index is 10.1. The molecule has 0 atom stereocenters. The second-order valence-corrected chi connectivity index (χ2v) is 3.53. The van der Waals surface area contributed by atoms with Crippen LogP contribution in [-0.2, 0) is 4.79 Å².